The van der Waals surface area contributed by atoms with E-state index < -0.39 is 0 Å². The Bertz CT molecular complexity index is 1010. The Morgan fingerprint density at radius 1 is 1.13 bits per heavy atom. The molecular formula is C21H22Cl2N4O2S. The molecule has 3 rings (SSSR count). The summed E-state index contributed by atoms with van der Waals surface area (Å²) in [6, 6.07) is 12.7. The summed E-state index contributed by atoms with van der Waals surface area (Å²) in [7, 11) is 1.88. The molecule has 1 amide bonds. The predicted molar refractivity (Wildman–Crippen MR) is 123 cm³/mol. The molecule has 0 bridgehead atoms. The molecule has 0 saturated carbocycles. The van der Waals surface area contributed by atoms with E-state index >= 15 is 0 Å². The van der Waals surface area contributed by atoms with E-state index in [1.54, 1.807) is 18.2 Å². The van der Waals surface area contributed by atoms with Gasteiger partial charge in [-0.05, 0) is 48.9 Å². The highest BCUT2D eigenvalue weighted by atomic mass is 35.5. The zero-order chi connectivity index (χ0) is 21.5. The van der Waals surface area contributed by atoms with Crippen LogP contribution >= 0.6 is 35.0 Å². The zero-order valence-electron chi connectivity index (χ0n) is 16.7. The number of carbonyl (C=O) groups is 1. The number of hydrogen-bond donors (Lipinski definition) is 1. The number of nitrogens with one attached hydrogen (secondary N) is 1. The summed E-state index contributed by atoms with van der Waals surface area (Å²) in [6.45, 7) is 2.85. The van der Waals surface area contributed by atoms with Crippen molar-refractivity contribution in [2.75, 3.05) is 17.7 Å². The summed E-state index contributed by atoms with van der Waals surface area (Å²) in [6.07, 6.45) is 2.13. The van der Waals surface area contributed by atoms with Crippen LogP contribution in [0, 0.1) is 0 Å². The third kappa shape index (κ3) is 5.90. The molecule has 6 nitrogen and oxygen atoms in total. The van der Waals surface area contributed by atoms with Gasteiger partial charge in [0.15, 0.2) is 11.0 Å². The molecule has 0 fully saturated rings. The van der Waals surface area contributed by atoms with Crippen LogP contribution in [-0.2, 0) is 11.8 Å². The average molecular weight is 465 g/mol. The number of hydrogen-bond acceptors (Lipinski definition) is 5. The van der Waals surface area contributed by atoms with Gasteiger partial charge in [0.05, 0.1) is 22.4 Å². The van der Waals surface area contributed by atoms with Crippen molar-refractivity contribution < 1.29 is 9.53 Å². The van der Waals surface area contributed by atoms with Crippen molar-refractivity contribution >= 4 is 46.6 Å². The van der Waals surface area contributed by atoms with E-state index in [1.807, 2.05) is 35.9 Å². The Labute approximate surface area is 189 Å². The molecule has 0 radical (unpaired) electrons. The number of rotatable bonds is 9. The van der Waals surface area contributed by atoms with Gasteiger partial charge in [0, 0.05) is 18.3 Å². The van der Waals surface area contributed by atoms with E-state index in [4.69, 9.17) is 27.9 Å². The quantitative estimate of drug-likeness (QED) is 0.324. The van der Waals surface area contributed by atoms with Gasteiger partial charge < -0.3 is 14.6 Å². The molecule has 1 N–H and O–H groups in total. The normalized spacial score (nSPS) is 10.8. The lowest BCUT2D eigenvalue weighted by molar-refractivity contribution is -0.113. The molecule has 3 aromatic rings. The fourth-order valence-corrected chi connectivity index (χ4v) is 3.64. The minimum Gasteiger partial charge on any atom is -0.494 e. The van der Waals surface area contributed by atoms with Crippen LogP contribution in [0.3, 0.4) is 0 Å². The fourth-order valence-electron chi connectivity index (χ4n) is 2.63. The van der Waals surface area contributed by atoms with E-state index in [1.165, 1.54) is 11.8 Å². The Morgan fingerprint density at radius 3 is 2.60 bits per heavy atom. The first-order valence-electron chi connectivity index (χ1n) is 9.48. The molecule has 1 heterocycles. The number of unbranched alkanes of at least 4 members (excludes halogenated alkanes) is 1. The van der Waals surface area contributed by atoms with Crippen LogP contribution in [0.4, 0.5) is 5.69 Å². The minimum absolute atomic E-state index is 0.170. The molecule has 0 aliphatic rings. The molecule has 158 valence electrons. The molecule has 0 aliphatic heterocycles. The Balaban J connectivity index is 1.58. The van der Waals surface area contributed by atoms with E-state index in [9.17, 15) is 4.79 Å². The first-order chi connectivity index (χ1) is 14.5. The lowest BCUT2D eigenvalue weighted by atomic mass is 10.2. The lowest BCUT2D eigenvalue weighted by Gasteiger charge is -2.08. The summed E-state index contributed by atoms with van der Waals surface area (Å²) < 4.78 is 7.56. The van der Waals surface area contributed by atoms with E-state index in [-0.39, 0.29) is 11.7 Å². The molecule has 30 heavy (non-hydrogen) atoms. The third-order valence-corrected chi connectivity index (χ3v) is 6.01. The number of ether oxygens (including phenoxy) is 1. The van der Waals surface area contributed by atoms with Crippen LogP contribution in [0.2, 0.25) is 10.0 Å². The lowest BCUT2D eigenvalue weighted by Crippen LogP contribution is -2.14. The average Bonchev–Trinajstić information content (AvgIpc) is 3.10. The van der Waals surface area contributed by atoms with Crippen molar-refractivity contribution in [2.24, 2.45) is 7.05 Å². The van der Waals surface area contributed by atoms with Crippen LogP contribution in [-0.4, -0.2) is 33.0 Å². The number of thioether (sulfide) groups is 1. The molecule has 0 saturated heterocycles. The van der Waals surface area contributed by atoms with Gasteiger partial charge in [0.1, 0.15) is 5.75 Å². The summed E-state index contributed by atoms with van der Waals surface area (Å²) in [5.41, 5.74) is 1.52. The molecule has 0 atom stereocenters. The fraction of sp³-hybridized carbons (Fsp3) is 0.286. The number of benzene rings is 2. The second-order valence-electron chi connectivity index (χ2n) is 6.56. The van der Waals surface area contributed by atoms with Gasteiger partial charge in [-0.2, -0.15) is 0 Å². The largest absolute Gasteiger partial charge is 0.494 e. The van der Waals surface area contributed by atoms with Gasteiger partial charge in [-0.15, -0.1) is 10.2 Å². The highest BCUT2D eigenvalue weighted by Gasteiger charge is 2.13. The molecule has 0 aliphatic carbocycles. The highest BCUT2D eigenvalue weighted by molar-refractivity contribution is 7.99. The Hall–Kier alpha value is -2.22. The van der Waals surface area contributed by atoms with Gasteiger partial charge in [-0.1, -0.05) is 48.3 Å². The van der Waals surface area contributed by atoms with Crippen molar-refractivity contribution in [1.82, 2.24) is 14.8 Å². The zero-order valence-corrected chi connectivity index (χ0v) is 19.0. The molecule has 0 spiro atoms. The summed E-state index contributed by atoms with van der Waals surface area (Å²) in [4.78, 5) is 12.2. The summed E-state index contributed by atoms with van der Waals surface area (Å²) in [5.74, 6) is 1.58. The van der Waals surface area contributed by atoms with Crippen molar-refractivity contribution in [3.05, 3.63) is 52.5 Å². The maximum absolute atomic E-state index is 12.2. The number of amides is 1. The Kier molecular flexibility index (Phi) is 8.01. The molecule has 9 heteroatoms. The summed E-state index contributed by atoms with van der Waals surface area (Å²) in [5, 5.41) is 12.7. The van der Waals surface area contributed by atoms with Crippen molar-refractivity contribution in [1.29, 1.82) is 0 Å². The number of aromatic nitrogens is 3. The minimum atomic E-state index is -0.170. The van der Waals surface area contributed by atoms with Gasteiger partial charge in [0.2, 0.25) is 5.91 Å². The topological polar surface area (TPSA) is 69.0 Å². The standard InChI is InChI=1S/C21H22Cl2N4O2S/c1-3-4-11-29-16-8-5-14(6-9-16)20-25-26-21(27(20)2)30-13-19(28)24-15-7-10-17(22)18(23)12-15/h5-10,12H,3-4,11,13H2,1-2H3,(H,24,28). The number of nitrogens with zero attached hydrogens (tertiary/aromatic N) is 3. The van der Waals surface area contributed by atoms with Crippen LogP contribution in [0.5, 0.6) is 5.75 Å². The van der Waals surface area contributed by atoms with Gasteiger partial charge in [0.25, 0.3) is 0 Å². The second-order valence-corrected chi connectivity index (χ2v) is 8.31. The van der Waals surface area contributed by atoms with Crippen molar-refractivity contribution in [3.8, 4) is 17.1 Å². The maximum Gasteiger partial charge on any atom is 0.234 e. The SMILES string of the molecule is CCCCOc1ccc(-c2nnc(SCC(=O)Nc3ccc(Cl)c(Cl)c3)n2C)cc1. The first-order valence-corrected chi connectivity index (χ1v) is 11.2. The van der Waals surface area contributed by atoms with Crippen LogP contribution in [0.15, 0.2) is 47.6 Å². The smallest absolute Gasteiger partial charge is 0.234 e. The van der Waals surface area contributed by atoms with Crippen molar-refractivity contribution in [2.45, 2.75) is 24.9 Å². The van der Waals surface area contributed by atoms with E-state index in [0.717, 1.165) is 30.0 Å². The first kappa shape index (κ1) is 22.5. The van der Waals surface area contributed by atoms with Crippen LogP contribution in [0.25, 0.3) is 11.4 Å². The highest BCUT2D eigenvalue weighted by Crippen LogP contribution is 2.26. The number of anilines is 1. The summed E-state index contributed by atoms with van der Waals surface area (Å²) >= 11 is 13.2. The maximum atomic E-state index is 12.2. The van der Waals surface area contributed by atoms with Crippen LogP contribution in [0.1, 0.15) is 19.8 Å². The molecule has 1 aromatic heterocycles. The predicted octanol–water partition coefficient (Wildman–Crippen LogP) is 5.70. The van der Waals surface area contributed by atoms with Gasteiger partial charge >= 0.3 is 0 Å². The van der Waals surface area contributed by atoms with Crippen molar-refractivity contribution in [3.63, 3.8) is 0 Å². The monoisotopic (exact) mass is 464 g/mol. The van der Waals surface area contributed by atoms with Gasteiger partial charge in [-0.3, -0.25) is 4.79 Å². The van der Waals surface area contributed by atoms with E-state index in [2.05, 4.69) is 22.4 Å². The number of carbonyl (C=O) groups excluding carboxylic acids is 1. The second kappa shape index (κ2) is 10.7. The Morgan fingerprint density at radius 2 is 1.90 bits per heavy atom. The molecule has 2 aromatic carbocycles. The molecular weight excluding hydrogens is 443 g/mol. The van der Waals surface area contributed by atoms with Crippen LogP contribution < -0.4 is 10.1 Å². The molecule has 0 unspecified atom stereocenters. The van der Waals surface area contributed by atoms with E-state index in [0.29, 0.717) is 27.5 Å². The number of halogens is 2. The third-order valence-electron chi connectivity index (χ3n) is 4.25. The van der Waals surface area contributed by atoms with Gasteiger partial charge in [-0.25, -0.2) is 0 Å².